The molecule has 2 aliphatic rings. The van der Waals surface area contributed by atoms with Crippen LogP contribution < -0.4 is 0 Å². The number of benzene rings is 4. The summed E-state index contributed by atoms with van der Waals surface area (Å²) in [5.74, 6) is 1.29. The molecule has 52 heavy (non-hydrogen) atoms. The van der Waals surface area contributed by atoms with E-state index in [0.717, 1.165) is 44.8 Å². The molecule has 8 nitrogen and oxygen atoms in total. The molecule has 0 fully saturated rings. The third-order valence-corrected chi connectivity index (χ3v) is 7.07. The molecule has 0 spiro atoms. The molecule has 8 heteroatoms. The minimum absolute atomic E-state index is 0.322. The molecule has 5 heterocycles. The zero-order valence-electron chi connectivity index (χ0n) is 28.2. The molecule has 9 rings (SSSR count). The molecule has 4 aromatic carbocycles. The highest BCUT2D eigenvalue weighted by Crippen LogP contribution is 2.17. The molecule has 0 aliphatic carbocycles. The molecule has 7 aromatic rings. The number of aromatic nitrogens is 4. The van der Waals surface area contributed by atoms with Gasteiger partial charge in [0.1, 0.15) is 23.0 Å². The van der Waals surface area contributed by atoms with Crippen LogP contribution in [-0.4, -0.2) is 40.4 Å². The Bertz CT molecular complexity index is 2010. The number of hydrogen-bond acceptors (Lipinski definition) is 6. The van der Waals surface area contributed by atoms with Crippen LogP contribution in [0.15, 0.2) is 170 Å². The summed E-state index contributed by atoms with van der Waals surface area (Å²) in [6, 6.07) is 51.2. The number of aromatic hydroxyl groups is 4. The zero-order valence-corrected chi connectivity index (χ0v) is 28.2. The monoisotopic (exact) mass is 686 g/mol. The van der Waals surface area contributed by atoms with Crippen molar-refractivity contribution >= 4 is 46.4 Å². The van der Waals surface area contributed by atoms with E-state index in [9.17, 15) is 0 Å². The van der Waals surface area contributed by atoms with E-state index in [1.807, 2.05) is 72.8 Å². The van der Waals surface area contributed by atoms with Crippen LogP contribution in [0, 0.1) is 0 Å². The SMILES string of the molecule is C1=Cc2cc3ccc(cc4nc(cc5ccc(cc1n2)[nH]5)C=C4)[nH]3.Oc1ccccc1.Oc1ccccc1.Oc1ccccc1.Oc1ccccc1. The summed E-state index contributed by atoms with van der Waals surface area (Å²) in [6.45, 7) is 0. The van der Waals surface area contributed by atoms with Gasteiger partial charge in [0.2, 0.25) is 0 Å². The summed E-state index contributed by atoms with van der Waals surface area (Å²) in [5.41, 5.74) is 7.86. The number of nitrogens with one attached hydrogen (secondary N) is 2. The van der Waals surface area contributed by atoms with Gasteiger partial charge in [-0.3, -0.25) is 0 Å². The molecule has 8 bridgehead atoms. The van der Waals surface area contributed by atoms with Crippen LogP contribution in [0.5, 0.6) is 23.0 Å². The molecule has 0 amide bonds. The predicted molar refractivity (Wildman–Crippen MR) is 211 cm³/mol. The summed E-state index contributed by atoms with van der Waals surface area (Å²) >= 11 is 0. The van der Waals surface area contributed by atoms with Crippen LogP contribution in [0.3, 0.4) is 0 Å². The van der Waals surface area contributed by atoms with E-state index in [4.69, 9.17) is 20.4 Å². The van der Waals surface area contributed by atoms with Crippen molar-refractivity contribution in [1.29, 1.82) is 0 Å². The van der Waals surface area contributed by atoms with Gasteiger partial charge in [-0.15, -0.1) is 0 Å². The number of rotatable bonds is 0. The standard InChI is InChI=1S/C20H14N4.4C6H6O/c1-2-14-10-16-5-6-18(23-16)12-20-8-7-19(24-20)11-17-4-3-15(22-17)9-13(1)21-14;4*7-6-4-2-1-3-5-6/h1-12,21,24H;4*1-5,7H. The highest BCUT2D eigenvalue weighted by molar-refractivity contribution is 5.77. The van der Waals surface area contributed by atoms with Gasteiger partial charge in [0.05, 0.1) is 22.8 Å². The molecule has 2 aliphatic heterocycles. The number of para-hydroxylation sites is 4. The molecule has 258 valence electrons. The van der Waals surface area contributed by atoms with Gasteiger partial charge in [0.25, 0.3) is 0 Å². The van der Waals surface area contributed by atoms with E-state index in [0.29, 0.717) is 23.0 Å². The summed E-state index contributed by atoms with van der Waals surface area (Å²) in [6.07, 6.45) is 8.09. The van der Waals surface area contributed by atoms with Gasteiger partial charge in [-0.05, 0) is 121 Å². The Kier molecular flexibility index (Phi) is 13.2. The van der Waals surface area contributed by atoms with Crippen molar-refractivity contribution in [2.45, 2.75) is 0 Å². The van der Waals surface area contributed by atoms with E-state index >= 15 is 0 Å². The molecule has 0 saturated carbocycles. The van der Waals surface area contributed by atoms with E-state index in [1.54, 1.807) is 97.1 Å². The topological polar surface area (TPSA) is 138 Å². The second kappa shape index (κ2) is 19.0. The van der Waals surface area contributed by atoms with E-state index in [1.165, 1.54) is 0 Å². The Morgan fingerprint density at radius 1 is 0.288 bits per heavy atom. The van der Waals surface area contributed by atoms with Crippen molar-refractivity contribution in [2.75, 3.05) is 0 Å². The van der Waals surface area contributed by atoms with Crippen molar-refractivity contribution in [2.24, 2.45) is 0 Å². The molecule has 6 N–H and O–H groups in total. The first-order chi connectivity index (χ1) is 25.4. The lowest BCUT2D eigenvalue weighted by Crippen LogP contribution is -1.75. The Morgan fingerprint density at radius 2 is 0.500 bits per heavy atom. The fraction of sp³-hybridized carbons (Fsp3) is 0. The van der Waals surface area contributed by atoms with Crippen molar-refractivity contribution in [3.05, 3.63) is 193 Å². The molecular weight excluding hydrogens is 649 g/mol. The number of phenols is 4. The maximum absolute atomic E-state index is 8.63. The highest BCUT2D eigenvalue weighted by Gasteiger charge is 2.01. The lowest BCUT2D eigenvalue weighted by Gasteiger charge is -1.85. The van der Waals surface area contributed by atoms with Gasteiger partial charge < -0.3 is 30.4 Å². The Labute approximate surface area is 301 Å². The lowest BCUT2D eigenvalue weighted by atomic mass is 10.3. The normalized spacial score (nSPS) is 10.5. The summed E-state index contributed by atoms with van der Waals surface area (Å²) in [4.78, 5) is 16.0. The van der Waals surface area contributed by atoms with Crippen molar-refractivity contribution in [3.8, 4) is 23.0 Å². The quantitative estimate of drug-likeness (QED) is 0.0939. The fourth-order valence-corrected chi connectivity index (χ4v) is 4.66. The molecule has 0 unspecified atom stereocenters. The van der Waals surface area contributed by atoms with Gasteiger partial charge in [-0.25, -0.2) is 9.97 Å². The van der Waals surface area contributed by atoms with Gasteiger partial charge in [-0.1, -0.05) is 72.8 Å². The third kappa shape index (κ3) is 12.6. The third-order valence-electron chi connectivity index (χ3n) is 7.07. The van der Waals surface area contributed by atoms with E-state index in [2.05, 4.69) is 44.2 Å². The van der Waals surface area contributed by atoms with E-state index in [-0.39, 0.29) is 0 Å². The van der Waals surface area contributed by atoms with Crippen LogP contribution >= 0.6 is 0 Å². The fourth-order valence-electron chi connectivity index (χ4n) is 4.66. The van der Waals surface area contributed by atoms with Gasteiger partial charge in [-0.2, -0.15) is 0 Å². The number of phenolic OH excluding ortho intramolecular Hbond substituents is 4. The van der Waals surface area contributed by atoms with Crippen molar-refractivity contribution in [3.63, 3.8) is 0 Å². The number of aromatic amines is 2. The van der Waals surface area contributed by atoms with E-state index < -0.39 is 0 Å². The predicted octanol–water partition coefficient (Wildman–Crippen LogP) is 10.2. The van der Waals surface area contributed by atoms with Crippen molar-refractivity contribution < 1.29 is 20.4 Å². The first-order valence-corrected chi connectivity index (χ1v) is 16.4. The van der Waals surface area contributed by atoms with Gasteiger partial charge in [0.15, 0.2) is 0 Å². The number of nitrogens with zero attached hydrogens (tertiary/aromatic N) is 2. The van der Waals surface area contributed by atoms with Crippen LogP contribution in [0.4, 0.5) is 0 Å². The second-order valence-corrected chi connectivity index (χ2v) is 11.2. The molecule has 0 radical (unpaired) electrons. The average molecular weight is 687 g/mol. The largest absolute Gasteiger partial charge is 0.508 e. The van der Waals surface area contributed by atoms with Gasteiger partial charge >= 0.3 is 0 Å². The van der Waals surface area contributed by atoms with Crippen LogP contribution in [0.25, 0.3) is 46.4 Å². The van der Waals surface area contributed by atoms with Crippen LogP contribution in [0.2, 0.25) is 0 Å². The molecule has 0 atom stereocenters. The average Bonchev–Trinajstić information content (AvgIpc) is 3.98. The Morgan fingerprint density at radius 3 is 0.673 bits per heavy atom. The highest BCUT2D eigenvalue weighted by atomic mass is 16.3. The minimum atomic E-state index is 0.322. The summed E-state index contributed by atoms with van der Waals surface area (Å²) in [5, 5.41) is 34.5. The Balaban J connectivity index is 0.000000151. The maximum Gasteiger partial charge on any atom is 0.115 e. The Hall–Kier alpha value is -7.32. The smallest absolute Gasteiger partial charge is 0.115 e. The summed E-state index contributed by atoms with van der Waals surface area (Å²) < 4.78 is 0. The first-order valence-electron chi connectivity index (χ1n) is 16.4. The maximum atomic E-state index is 8.63. The minimum Gasteiger partial charge on any atom is -0.508 e. The first kappa shape index (κ1) is 36.0. The number of hydrogen-bond donors (Lipinski definition) is 6. The van der Waals surface area contributed by atoms with Crippen LogP contribution in [-0.2, 0) is 0 Å². The molecular formula is C44H38N4O4. The van der Waals surface area contributed by atoms with Crippen molar-refractivity contribution in [1.82, 2.24) is 19.9 Å². The van der Waals surface area contributed by atoms with Crippen LogP contribution in [0.1, 0.15) is 22.8 Å². The number of fused-ring (bicyclic) bond motifs is 8. The second-order valence-electron chi connectivity index (χ2n) is 11.2. The zero-order chi connectivity index (χ0) is 36.4. The van der Waals surface area contributed by atoms with Gasteiger partial charge in [0, 0.05) is 22.1 Å². The summed E-state index contributed by atoms with van der Waals surface area (Å²) in [7, 11) is 0. The number of H-pyrrole nitrogens is 2. The lowest BCUT2D eigenvalue weighted by molar-refractivity contribution is 0.475. The molecule has 0 saturated heterocycles. The molecule has 3 aromatic heterocycles.